The molecule has 6 nitrogen and oxygen atoms in total. The van der Waals surface area contributed by atoms with Crippen LogP contribution in [0, 0.1) is 0 Å². The maximum absolute atomic E-state index is 12.0. The summed E-state index contributed by atoms with van der Waals surface area (Å²) in [5.41, 5.74) is 0. The van der Waals surface area contributed by atoms with Crippen molar-refractivity contribution in [2.75, 3.05) is 13.1 Å². The molecule has 0 aliphatic carbocycles. The number of nitrogens with one attached hydrogen (secondary N) is 1. The summed E-state index contributed by atoms with van der Waals surface area (Å²) >= 11 is 1.43. The molecule has 0 saturated carbocycles. The number of hydrogen-bond acceptors (Lipinski definition) is 4. The molecule has 0 aromatic carbocycles. The van der Waals surface area contributed by atoms with E-state index in [4.69, 9.17) is 5.11 Å². The highest BCUT2D eigenvalue weighted by molar-refractivity contribution is 7.10. The number of carboxylic acid groups (broad SMARTS) is 1. The van der Waals surface area contributed by atoms with Crippen LogP contribution in [0.1, 0.15) is 4.88 Å². The van der Waals surface area contributed by atoms with Gasteiger partial charge in [-0.15, -0.1) is 11.3 Å². The lowest BCUT2D eigenvalue weighted by atomic mass is 10.1. The SMILES string of the molecule is O=C1CN(C(=O)Cc2cccs2)C(C(=O)O)CN1. The summed E-state index contributed by atoms with van der Waals surface area (Å²) in [7, 11) is 0. The predicted molar refractivity (Wildman–Crippen MR) is 64.2 cm³/mol. The Morgan fingerprint density at radius 1 is 1.56 bits per heavy atom. The lowest BCUT2D eigenvalue weighted by molar-refractivity contribution is -0.153. The number of carboxylic acids is 1. The third kappa shape index (κ3) is 2.67. The smallest absolute Gasteiger partial charge is 0.328 e. The molecule has 0 spiro atoms. The van der Waals surface area contributed by atoms with Crippen LogP contribution in [0.5, 0.6) is 0 Å². The van der Waals surface area contributed by atoms with E-state index in [1.807, 2.05) is 17.5 Å². The van der Waals surface area contributed by atoms with Crippen LogP contribution in [0.25, 0.3) is 0 Å². The minimum atomic E-state index is -1.10. The molecule has 7 heteroatoms. The first-order valence-electron chi connectivity index (χ1n) is 5.39. The van der Waals surface area contributed by atoms with Gasteiger partial charge in [-0.3, -0.25) is 9.59 Å². The van der Waals surface area contributed by atoms with E-state index in [1.165, 1.54) is 11.3 Å². The summed E-state index contributed by atoms with van der Waals surface area (Å²) in [6.45, 7) is -0.231. The van der Waals surface area contributed by atoms with Gasteiger partial charge < -0.3 is 15.3 Å². The van der Waals surface area contributed by atoms with E-state index in [0.717, 1.165) is 9.78 Å². The highest BCUT2D eigenvalue weighted by Gasteiger charge is 2.34. The lowest BCUT2D eigenvalue weighted by Crippen LogP contribution is -2.59. The third-order valence-electron chi connectivity index (χ3n) is 2.69. The third-order valence-corrected chi connectivity index (χ3v) is 3.57. The molecule has 2 amide bonds. The number of carbonyl (C=O) groups excluding carboxylic acids is 2. The van der Waals surface area contributed by atoms with Crippen molar-refractivity contribution < 1.29 is 19.5 Å². The number of piperazine rings is 1. The molecule has 2 N–H and O–H groups in total. The molecule has 0 bridgehead atoms. The predicted octanol–water partition coefficient (Wildman–Crippen LogP) is -0.298. The van der Waals surface area contributed by atoms with Gasteiger partial charge in [0, 0.05) is 11.4 Å². The quantitative estimate of drug-likeness (QED) is 0.788. The Labute approximate surface area is 107 Å². The number of hydrogen-bond donors (Lipinski definition) is 2. The van der Waals surface area contributed by atoms with E-state index in [1.54, 1.807) is 0 Å². The molecular formula is C11H12N2O4S. The molecule has 1 aromatic rings. The number of carbonyl (C=O) groups is 3. The van der Waals surface area contributed by atoms with Crippen LogP contribution in [0.4, 0.5) is 0 Å². The normalized spacial score (nSPS) is 19.4. The molecule has 96 valence electrons. The summed E-state index contributed by atoms with van der Waals surface area (Å²) in [5, 5.41) is 13.3. The number of nitrogens with zero attached hydrogens (tertiary/aromatic N) is 1. The van der Waals surface area contributed by atoms with Gasteiger partial charge in [-0.05, 0) is 11.4 Å². The monoisotopic (exact) mass is 268 g/mol. The molecule has 18 heavy (non-hydrogen) atoms. The number of thiophene rings is 1. The van der Waals surface area contributed by atoms with Crippen molar-refractivity contribution in [3.8, 4) is 0 Å². The Bertz CT molecular complexity index is 471. The second-order valence-corrected chi connectivity index (χ2v) is 4.97. The van der Waals surface area contributed by atoms with Crippen molar-refractivity contribution in [2.24, 2.45) is 0 Å². The zero-order chi connectivity index (χ0) is 13.1. The number of amides is 2. The van der Waals surface area contributed by atoms with Crippen LogP contribution < -0.4 is 5.32 Å². The van der Waals surface area contributed by atoms with Crippen LogP contribution in [-0.2, 0) is 20.8 Å². The zero-order valence-electron chi connectivity index (χ0n) is 9.46. The second kappa shape index (κ2) is 5.18. The number of aliphatic carboxylic acids is 1. The van der Waals surface area contributed by atoms with Crippen molar-refractivity contribution in [3.63, 3.8) is 0 Å². The first-order valence-corrected chi connectivity index (χ1v) is 6.27. The Kier molecular flexibility index (Phi) is 3.61. The van der Waals surface area contributed by atoms with Crippen LogP contribution in [-0.4, -0.2) is 46.9 Å². The number of rotatable bonds is 3. The summed E-state index contributed by atoms with van der Waals surface area (Å²) in [4.78, 5) is 36.3. The largest absolute Gasteiger partial charge is 0.480 e. The van der Waals surface area contributed by atoms with Crippen molar-refractivity contribution in [1.82, 2.24) is 10.2 Å². The lowest BCUT2D eigenvalue weighted by Gasteiger charge is -2.32. The molecule has 0 radical (unpaired) electrons. The van der Waals surface area contributed by atoms with Gasteiger partial charge in [-0.2, -0.15) is 0 Å². The van der Waals surface area contributed by atoms with E-state index < -0.39 is 12.0 Å². The molecule has 1 aliphatic heterocycles. The Morgan fingerprint density at radius 2 is 2.33 bits per heavy atom. The van der Waals surface area contributed by atoms with Crippen molar-refractivity contribution in [2.45, 2.75) is 12.5 Å². The van der Waals surface area contributed by atoms with Gasteiger partial charge >= 0.3 is 5.97 Å². The minimum Gasteiger partial charge on any atom is -0.480 e. The Hall–Kier alpha value is -1.89. The van der Waals surface area contributed by atoms with Gasteiger partial charge in [0.1, 0.15) is 12.6 Å². The summed E-state index contributed by atoms with van der Waals surface area (Å²) in [6.07, 6.45) is 0.134. The highest BCUT2D eigenvalue weighted by atomic mass is 32.1. The molecule has 1 unspecified atom stereocenters. The van der Waals surface area contributed by atoms with E-state index in [9.17, 15) is 14.4 Å². The molecule has 1 aliphatic rings. The van der Waals surface area contributed by atoms with E-state index in [0.29, 0.717) is 0 Å². The molecule has 2 rings (SSSR count). The van der Waals surface area contributed by atoms with Crippen LogP contribution in [0.15, 0.2) is 17.5 Å². The molecule has 2 heterocycles. The van der Waals surface area contributed by atoms with Gasteiger partial charge in [-0.25, -0.2) is 4.79 Å². The van der Waals surface area contributed by atoms with Crippen molar-refractivity contribution in [1.29, 1.82) is 0 Å². The molecule has 1 fully saturated rings. The second-order valence-electron chi connectivity index (χ2n) is 3.94. The summed E-state index contributed by atoms with van der Waals surface area (Å²) in [5.74, 6) is -1.76. The zero-order valence-corrected chi connectivity index (χ0v) is 10.3. The Morgan fingerprint density at radius 3 is 2.94 bits per heavy atom. The molecular weight excluding hydrogens is 256 g/mol. The minimum absolute atomic E-state index is 0.0374. The van der Waals surface area contributed by atoms with Gasteiger partial charge in [0.15, 0.2) is 0 Å². The average molecular weight is 268 g/mol. The fourth-order valence-electron chi connectivity index (χ4n) is 1.79. The fourth-order valence-corrected chi connectivity index (χ4v) is 2.48. The van der Waals surface area contributed by atoms with Crippen LogP contribution >= 0.6 is 11.3 Å². The molecule has 1 atom stereocenters. The van der Waals surface area contributed by atoms with Gasteiger partial charge in [-0.1, -0.05) is 6.07 Å². The van der Waals surface area contributed by atoms with Crippen LogP contribution in [0.3, 0.4) is 0 Å². The standard InChI is InChI=1S/C11H12N2O4S/c14-9-6-13(8(5-12-9)11(16)17)10(15)4-7-2-1-3-18-7/h1-3,8H,4-6H2,(H,12,14)(H,16,17). The van der Waals surface area contributed by atoms with E-state index in [-0.39, 0.29) is 31.3 Å². The molecule has 1 saturated heterocycles. The maximum atomic E-state index is 12.0. The van der Waals surface area contributed by atoms with Crippen molar-refractivity contribution in [3.05, 3.63) is 22.4 Å². The van der Waals surface area contributed by atoms with Gasteiger partial charge in [0.05, 0.1) is 6.42 Å². The average Bonchev–Trinajstić information content (AvgIpc) is 2.81. The first-order chi connectivity index (χ1) is 8.58. The maximum Gasteiger partial charge on any atom is 0.328 e. The van der Waals surface area contributed by atoms with Crippen LogP contribution in [0.2, 0.25) is 0 Å². The van der Waals surface area contributed by atoms with Gasteiger partial charge in [0.25, 0.3) is 0 Å². The van der Waals surface area contributed by atoms with E-state index in [2.05, 4.69) is 5.32 Å². The fraction of sp³-hybridized carbons (Fsp3) is 0.364. The van der Waals surface area contributed by atoms with E-state index >= 15 is 0 Å². The topological polar surface area (TPSA) is 86.7 Å². The summed E-state index contributed by atoms with van der Waals surface area (Å²) in [6, 6.07) is 2.66. The highest BCUT2D eigenvalue weighted by Crippen LogP contribution is 2.13. The summed E-state index contributed by atoms with van der Waals surface area (Å²) < 4.78 is 0. The van der Waals surface area contributed by atoms with Crippen molar-refractivity contribution >= 4 is 29.1 Å². The Balaban J connectivity index is 2.09. The first kappa shape index (κ1) is 12.6. The molecule has 1 aromatic heterocycles. The van der Waals surface area contributed by atoms with Gasteiger partial charge in [0.2, 0.25) is 11.8 Å².